The third kappa shape index (κ3) is 5.50. The molecule has 0 radical (unpaired) electrons. The van der Waals surface area contributed by atoms with Crippen LogP contribution in [0.5, 0.6) is 0 Å². The molecule has 1 N–H and O–H groups in total. The lowest BCUT2D eigenvalue weighted by Gasteiger charge is -2.29. The number of hydrogen-bond acceptors (Lipinski definition) is 3. The largest absolute Gasteiger partial charge is 0.379 e. The van der Waals surface area contributed by atoms with Gasteiger partial charge in [0.1, 0.15) is 0 Å². The SMILES string of the molecule is CCC(C)CNC(C)CN1CCOCC1. The molecule has 3 nitrogen and oxygen atoms in total. The fourth-order valence-electron chi connectivity index (χ4n) is 1.78. The highest BCUT2D eigenvalue weighted by atomic mass is 16.5. The summed E-state index contributed by atoms with van der Waals surface area (Å²) in [6.07, 6.45) is 1.26. The van der Waals surface area contributed by atoms with Crippen molar-refractivity contribution < 1.29 is 4.74 Å². The van der Waals surface area contributed by atoms with Crippen LogP contribution in [0.3, 0.4) is 0 Å². The van der Waals surface area contributed by atoms with Crippen LogP contribution in [0.2, 0.25) is 0 Å². The van der Waals surface area contributed by atoms with E-state index in [1.165, 1.54) is 6.42 Å². The van der Waals surface area contributed by atoms with E-state index in [9.17, 15) is 0 Å². The van der Waals surface area contributed by atoms with E-state index < -0.39 is 0 Å². The normalized spacial score (nSPS) is 22.6. The van der Waals surface area contributed by atoms with Crippen molar-refractivity contribution in [2.45, 2.75) is 33.2 Å². The van der Waals surface area contributed by atoms with Gasteiger partial charge in [-0.05, 0) is 19.4 Å². The zero-order valence-corrected chi connectivity index (χ0v) is 10.5. The first kappa shape index (κ1) is 12.9. The van der Waals surface area contributed by atoms with E-state index in [4.69, 9.17) is 4.74 Å². The summed E-state index contributed by atoms with van der Waals surface area (Å²) >= 11 is 0. The summed E-state index contributed by atoms with van der Waals surface area (Å²) in [4.78, 5) is 2.48. The van der Waals surface area contributed by atoms with Gasteiger partial charge in [-0.3, -0.25) is 4.90 Å². The van der Waals surface area contributed by atoms with Crippen molar-refractivity contribution in [2.24, 2.45) is 5.92 Å². The van der Waals surface area contributed by atoms with Gasteiger partial charge in [-0.25, -0.2) is 0 Å². The van der Waals surface area contributed by atoms with E-state index in [1.54, 1.807) is 0 Å². The molecule has 90 valence electrons. The second-order valence-corrected chi connectivity index (χ2v) is 4.74. The van der Waals surface area contributed by atoms with Gasteiger partial charge >= 0.3 is 0 Å². The van der Waals surface area contributed by atoms with Gasteiger partial charge in [-0.15, -0.1) is 0 Å². The van der Waals surface area contributed by atoms with Crippen LogP contribution in [0.4, 0.5) is 0 Å². The predicted molar refractivity (Wildman–Crippen MR) is 64.2 cm³/mol. The van der Waals surface area contributed by atoms with Gasteiger partial charge in [-0.2, -0.15) is 0 Å². The number of nitrogens with zero attached hydrogens (tertiary/aromatic N) is 1. The minimum atomic E-state index is 0.595. The minimum absolute atomic E-state index is 0.595. The van der Waals surface area contributed by atoms with Crippen LogP contribution < -0.4 is 5.32 Å². The number of ether oxygens (including phenoxy) is 1. The van der Waals surface area contributed by atoms with Crippen molar-refractivity contribution in [1.82, 2.24) is 10.2 Å². The summed E-state index contributed by atoms with van der Waals surface area (Å²) in [5, 5.41) is 3.60. The Morgan fingerprint density at radius 2 is 1.93 bits per heavy atom. The van der Waals surface area contributed by atoms with E-state index in [0.717, 1.165) is 45.3 Å². The van der Waals surface area contributed by atoms with Gasteiger partial charge in [0.25, 0.3) is 0 Å². The van der Waals surface area contributed by atoms with Crippen molar-refractivity contribution in [3.8, 4) is 0 Å². The molecule has 0 amide bonds. The molecule has 1 saturated heterocycles. The van der Waals surface area contributed by atoms with Crippen molar-refractivity contribution in [1.29, 1.82) is 0 Å². The zero-order chi connectivity index (χ0) is 11.1. The molecule has 1 heterocycles. The molecule has 0 saturated carbocycles. The summed E-state index contributed by atoms with van der Waals surface area (Å²) < 4.78 is 5.33. The van der Waals surface area contributed by atoms with E-state index in [2.05, 4.69) is 31.0 Å². The van der Waals surface area contributed by atoms with Gasteiger partial charge < -0.3 is 10.1 Å². The zero-order valence-electron chi connectivity index (χ0n) is 10.5. The maximum atomic E-state index is 5.33. The van der Waals surface area contributed by atoms with Crippen LogP contribution in [-0.2, 0) is 4.74 Å². The average Bonchev–Trinajstić information content (AvgIpc) is 2.27. The number of rotatable bonds is 6. The van der Waals surface area contributed by atoms with Crippen LogP contribution in [0.15, 0.2) is 0 Å². The first-order valence-corrected chi connectivity index (χ1v) is 6.25. The molecule has 2 unspecified atom stereocenters. The second-order valence-electron chi connectivity index (χ2n) is 4.74. The van der Waals surface area contributed by atoms with Crippen molar-refractivity contribution >= 4 is 0 Å². The fourth-order valence-corrected chi connectivity index (χ4v) is 1.78. The molecule has 2 atom stereocenters. The monoisotopic (exact) mass is 214 g/mol. The third-order valence-electron chi connectivity index (χ3n) is 3.15. The highest BCUT2D eigenvalue weighted by molar-refractivity contribution is 4.70. The lowest BCUT2D eigenvalue weighted by molar-refractivity contribution is 0.0342. The topological polar surface area (TPSA) is 24.5 Å². The predicted octanol–water partition coefficient (Wildman–Crippen LogP) is 1.34. The quantitative estimate of drug-likeness (QED) is 0.722. The van der Waals surface area contributed by atoms with Gasteiger partial charge in [0.05, 0.1) is 13.2 Å². The fraction of sp³-hybridized carbons (Fsp3) is 1.00. The number of hydrogen-bond donors (Lipinski definition) is 1. The maximum Gasteiger partial charge on any atom is 0.0594 e. The van der Waals surface area contributed by atoms with Crippen LogP contribution in [0.25, 0.3) is 0 Å². The molecular formula is C12H26N2O. The number of nitrogens with one attached hydrogen (secondary N) is 1. The van der Waals surface area contributed by atoms with E-state index >= 15 is 0 Å². The molecular weight excluding hydrogens is 188 g/mol. The first-order chi connectivity index (χ1) is 7.22. The second kappa shape index (κ2) is 7.20. The van der Waals surface area contributed by atoms with Crippen molar-refractivity contribution in [2.75, 3.05) is 39.4 Å². The van der Waals surface area contributed by atoms with Crippen molar-refractivity contribution in [3.63, 3.8) is 0 Å². The lowest BCUT2D eigenvalue weighted by atomic mass is 10.1. The molecule has 1 aliphatic heterocycles. The highest BCUT2D eigenvalue weighted by Crippen LogP contribution is 2.01. The molecule has 0 aromatic rings. The van der Waals surface area contributed by atoms with Crippen LogP contribution in [-0.4, -0.2) is 50.3 Å². The molecule has 15 heavy (non-hydrogen) atoms. The molecule has 1 fully saturated rings. The highest BCUT2D eigenvalue weighted by Gasteiger charge is 2.13. The number of morpholine rings is 1. The summed E-state index contributed by atoms with van der Waals surface area (Å²) in [6, 6.07) is 0.595. The Kier molecular flexibility index (Phi) is 6.22. The molecule has 0 bridgehead atoms. The Hall–Kier alpha value is -0.120. The van der Waals surface area contributed by atoms with Gasteiger partial charge in [0.15, 0.2) is 0 Å². The summed E-state index contributed by atoms with van der Waals surface area (Å²) in [5.74, 6) is 0.789. The van der Waals surface area contributed by atoms with E-state index in [0.29, 0.717) is 6.04 Å². The maximum absolute atomic E-state index is 5.33. The average molecular weight is 214 g/mol. The van der Waals surface area contributed by atoms with Gasteiger partial charge in [-0.1, -0.05) is 20.3 Å². The summed E-state index contributed by atoms with van der Waals surface area (Å²) in [6.45, 7) is 13.1. The van der Waals surface area contributed by atoms with Gasteiger partial charge in [0, 0.05) is 25.7 Å². The Morgan fingerprint density at radius 1 is 1.27 bits per heavy atom. The molecule has 1 aliphatic rings. The van der Waals surface area contributed by atoms with Crippen LogP contribution in [0, 0.1) is 5.92 Å². The van der Waals surface area contributed by atoms with Crippen LogP contribution >= 0.6 is 0 Å². The Balaban J connectivity index is 2.08. The van der Waals surface area contributed by atoms with Crippen molar-refractivity contribution in [3.05, 3.63) is 0 Å². The Bertz CT molecular complexity index is 158. The van der Waals surface area contributed by atoms with E-state index in [-0.39, 0.29) is 0 Å². The third-order valence-corrected chi connectivity index (χ3v) is 3.15. The van der Waals surface area contributed by atoms with E-state index in [1.807, 2.05) is 0 Å². The molecule has 0 aromatic carbocycles. The molecule has 3 heteroatoms. The molecule has 0 aliphatic carbocycles. The Labute approximate surface area is 94.2 Å². The standard InChI is InChI=1S/C12H26N2O/c1-4-11(2)9-13-12(3)10-14-5-7-15-8-6-14/h11-13H,4-10H2,1-3H3. The van der Waals surface area contributed by atoms with Gasteiger partial charge in [0.2, 0.25) is 0 Å². The minimum Gasteiger partial charge on any atom is -0.379 e. The smallest absolute Gasteiger partial charge is 0.0594 e. The first-order valence-electron chi connectivity index (χ1n) is 6.25. The summed E-state index contributed by atoms with van der Waals surface area (Å²) in [7, 11) is 0. The Morgan fingerprint density at radius 3 is 2.53 bits per heavy atom. The molecule has 0 spiro atoms. The molecule has 0 aromatic heterocycles. The lowest BCUT2D eigenvalue weighted by Crippen LogP contribution is -2.45. The summed E-state index contributed by atoms with van der Waals surface area (Å²) in [5.41, 5.74) is 0. The van der Waals surface area contributed by atoms with Crippen LogP contribution in [0.1, 0.15) is 27.2 Å². The molecule has 1 rings (SSSR count).